The Hall–Kier alpha value is -3.66. The number of benzene rings is 3. The van der Waals surface area contributed by atoms with E-state index in [0.29, 0.717) is 18.2 Å². The largest absolute Gasteiger partial charge is 0.462 e. The van der Waals surface area contributed by atoms with Crippen molar-refractivity contribution in [2.45, 2.75) is 45.1 Å². The standard InChI is InChI=1S/C30H30N2O2/c1-2-34-30(33)25-19-20-28-27(21-25)31-29(32(28)26-11-7-4-8-12-26)24-17-15-23(16-18-24)14-13-22-9-5-3-6-10-22/h3,5-6,9-10,13-21,26H,2,4,7-8,11-12H2,1H3. The Morgan fingerprint density at radius 2 is 1.65 bits per heavy atom. The van der Waals surface area contributed by atoms with Gasteiger partial charge in [-0.25, -0.2) is 9.78 Å². The molecule has 3 aromatic carbocycles. The first-order valence-corrected chi connectivity index (χ1v) is 12.3. The van der Waals surface area contributed by atoms with Crippen molar-refractivity contribution < 1.29 is 9.53 Å². The van der Waals surface area contributed by atoms with E-state index in [4.69, 9.17) is 9.72 Å². The second kappa shape index (κ2) is 10.1. The summed E-state index contributed by atoms with van der Waals surface area (Å²) in [5.74, 6) is 0.675. The van der Waals surface area contributed by atoms with Gasteiger partial charge in [0.25, 0.3) is 0 Å². The molecule has 1 aromatic heterocycles. The highest BCUT2D eigenvalue weighted by Crippen LogP contribution is 2.36. The van der Waals surface area contributed by atoms with Gasteiger partial charge < -0.3 is 9.30 Å². The molecule has 0 amide bonds. The Kier molecular flexibility index (Phi) is 6.57. The van der Waals surface area contributed by atoms with Crippen LogP contribution >= 0.6 is 0 Å². The maximum absolute atomic E-state index is 12.3. The van der Waals surface area contributed by atoms with Crippen LogP contribution in [-0.2, 0) is 4.74 Å². The van der Waals surface area contributed by atoms with E-state index in [1.807, 2.05) is 43.3 Å². The Morgan fingerprint density at radius 3 is 2.35 bits per heavy atom. The highest BCUT2D eigenvalue weighted by Gasteiger charge is 2.23. The SMILES string of the molecule is CCOC(=O)c1ccc2c(c1)nc(-c1ccc(C=Cc3ccccc3)cc1)n2C1CCCCC1. The first-order valence-electron chi connectivity index (χ1n) is 12.3. The van der Waals surface area contributed by atoms with Gasteiger partial charge in [-0.2, -0.15) is 0 Å². The third-order valence-electron chi connectivity index (χ3n) is 6.58. The van der Waals surface area contributed by atoms with Crippen LogP contribution in [0.25, 0.3) is 34.6 Å². The van der Waals surface area contributed by atoms with E-state index in [0.717, 1.165) is 40.8 Å². The first kappa shape index (κ1) is 22.1. The Balaban J connectivity index is 1.52. The van der Waals surface area contributed by atoms with E-state index < -0.39 is 0 Å². The van der Waals surface area contributed by atoms with E-state index in [9.17, 15) is 4.79 Å². The van der Waals surface area contributed by atoms with Crippen LogP contribution in [0.1, 0.15) is 66.6 Å². The highest BCUT2D eigenvalue weighted by atomic mass is 16.5. The van der Waals surface area contributed by atoms with Crippen molar-refractivity contribution in [3.8, 4) is 11.4 Å². The van der Waals surface area contributed by atoms with Gasteiger partial charge in [-0.3, -0.25) is 0 Å². The van der Waals surface area contributed by atoms with E-state index in [-0.39, 0.29) is 5.97 Å². The smallest absolute Gasteiger partial charge is 0.338 e. The quantitative estimate of drug-likeness (QED) is 0.225. The number of fused-ring (bicyclic) bond motifs is 1. The van der Waals surface area contributed by atoms with Crippen molar-refractivity contribution in [2.24, 2.45) is 0 Å². The fourth-order valence-corrected chi connectivity index (χ4v) is 4.85. The van der Waals surface area contributed by atoms with E-state index in [2.05, 4.69) is 53.1 Å². The number of nitrogens with zero attached hydrogens (tertiary/aromatic N) is 2. The number of carbonyl (C=O) groups excluding carboxylic acids is 1. The summed E-state index contributed by atoms with van der Waals surface area (Å²) in [6.45, 7) is 2.19. The number of hydrogen-bond acceptors (Lipinski definition) is 3. The zero-order valence-electron chi connectivity index (χ0n) is 19.6. The van der Waals surface area contributed by atoms with Gasteiger partial charge in [0, 0.05) is 11.6 Å². The molecule has 0 spiro atoms. The monoisotopic (exact) mass is 450 g/mol. The molecule has 1 heterocycles. The molecule has 1 fully saturated rings. The summed E-state index contributed by atoms with van der Waals surface area (Å²) in [6.07, 6.45) is 10.4. The second-order valence-corrected chi connectivity index (χ2v) is 8.89. The molecule has 0 saturated heterocycles. The third-order valence-corrected chi connectivity index (χ3v) is 6.58. The topological polar surface area (TPSA) is 44.1 Å². The molecular formula is C30H30N2O2. The molecule has 0 N–H and O–H groups in total. The van der Waals surface area contributed by atoms with E-state index >= 15 is 0 Å². The van der Waals surface area contributed by atoms with Gasteiger partial charge in [0.15, 0.2) is 0 Å². The van der Waals surface area contributed by atoms with Crippen LogP contribution < -0.4 is 0 Å². The lowest BCUT2D eigenvalue weighted by molar-refractivity contribution is 0.0526. The van der Waals surface area contributed by atoms with Crippen molar-refractivity contribution >= 4 is 29.2 Å². The molecule has 0 radical (unpaired) electrons. The van der Waals surface area contributed by atoms with Crippen molar-refractivity contribution in [2.75, 3.05) is 6.61 Å². The van der Waals surface area contributed by atoms with Gasteiger partial charge in [-0.05, 0) is 49.1 Å². The minimum absolute atomic E-state index is 0.298. The molecular weight excluding hydrogens is 420 g/mol. The van der Waals surface area contributed by atoms with Crippen LogP contribution in [0.5, 0.6) is 0 Å². The number of imidazole rings is 1. The summed E-state index contributed by atoms with van der Waals surface area (Å²) in [4.78, 5) is 17.3. The summed E-state index contributed by atoms with van der Waals surface area (Å²) in [6, 6.07) is 25.1. The number of rotatable bonds is 6. The maximum Gasteiger partial charge on any atom is 0.338 e. The molecule has 1 aliphatic rings. The molecule has 1 aliphatic carbocycles. The van der Waals surface area contributed by atoms with E-state index in [1.165, 1.54) is 24.8 Å². The molecule has 4 nitrogen and oxygen atoms in total. The highest BCUT2D eigenvalue weighted by molar-refractivity contribution is 5.94. The van der Waals surface area contributed by atoms with Crippen LogP contribution in [0.3, 0.4) is 0 Å². The molecule has 0 unspecified atom stereocenters. The van der Waals surface area contributed by atoms with Gasteiger partial charge in [0.1, 0.15) is 5.82 Å². The van der Waals surface area contributed by atoms with Crippen LogP contribution in [0.15, 0.2) is 72.8 Å². The van der Waals surface area contributed by atoms with Crippen molar-refractivity contribution in [1.82, 2.24) is 9.55 Å². The molecule has 0 aliphatic heterocycles. The average molecular weight is 451 g/mol. The summed E-state index contributed by atoms with van der Waals surface area (Å²) in [5, 5.41) is 0. The number of hydrogen-bond donors (Lipinski definition) is 0. The molecule has 4 heteroatoms. The lowest BCUT2D eigenvalue weighted by Gasteiger charge is -2.25. The van der Waals surface area contributed by atoms with Gasteiger partial charge >= 0.3 is 5.97 Å². The Labute approximate surface area is 200 Å². The van der Waals surface area contributed by atoms with Gasteiger partial charge in [-0.15, -0.1) is 0 Å². The minimum atomic E-state index is -0.298. The normalized spacial score (nSPS) is 14.6. The van der Waals surface area contributed by atoms with Gasteiger partial charge in [-0.1, -0.05) is 86.0 Å². The Morgan fingerprint density at radius 1 is 0.941 bits per heavy atom. The number of ether oxygens (including phenoxy) is 1. The fraction of sp³-hybridized carbons (Fsp3) is 0.267. The maximum atomic E-state index is 12.3. The van der Waals surface area contributed by atoms with Gasteiger partial charge in [0.05, 0.1) is 23.2 Å². The van der Waals surface area contributed by atoms with Crippen molar-refractivity contribution in [3.63, 3.8) is 0 Å². The average Bonchev–Trinajstić information content (AvgIpc) is 3.28. The third kappa shape index (κ3) is 4.67. The van der Waals surface area contributed by atoms with Crippen molar-refractivity contribution in [3.05, 3.63) is 89.5 Å². The van der Waals surface area contributed by atoms with Crippen LogP contribution in [0, 0.1) is 0 Å². The van der Waals surface area contributed by atoms with E-state index in [1.54, 1.807) is 0 Å². The zero-order valence-corrected chi connectivity index (χ0v) is 19.6. The lowest BCUT2D eigenvalue weighted by atomic mass is 9.94. The molecule has 5 rings (SSSR count). The lowest BCUT2D eigenvalue weighted by Crippen LogP contribution is -2.14. The predicted octanol–water partition coefficient (Wildman–Crippen LogP) is 7.56. The zero-order chi connectivity index (χ0) is 23.3. The number of esters is 1. The fourth-order valence-electron chi connectivity index (χ4n) is 4.85. The summed E-state index contributed by atoms with van der Waals surface area (Å²) in [5.41, 5.74) is 5.91. The van der Waals surface area contributed by atoms with Gasteiger partial charge in [0.2, 0.25) is 0 Å². The molecule has 0 atom stereocenters. The molecule has 172 valence electrons. The predicted molar refractivity (Wildman–Crippen MR) is 139 cm³/mol. The van der Waals surface area contributed by atoms with Crippen LogP contribution in [0.4, 0.5) is 0 Å². The second-order valence-electron chi connectivity index (χ2n) is 8.89. The number of carbonyl (C=O) groups is 1. The minimum Gasteiger partial charge on any atom is -0.462 e. The molecule has 4 aromatic rings. The Bertz CT molecular complexity index is 1300. The summed E-state index contributed by atoms with van der Waals surface area (Å²) in [7, 11) is 0. The van der Waals surface area contributed by atoms with Crippen LogP contribution in [-0.4, -0.2) is 22.1 Å². The van der Waals surface area contributed by atoms with Crippen molar-refractivity contribution in [1.29, 1.82) is 0 Å². The first-order chi connectivity index (χ1) is 16.7. The molecule has 34 heavy (non-hydrogen) atoms. The van der Waals surface area contributed by atoms with Crippen LogP contribution in [0.2, 0.25) is 0 Å². The molecule has 1 saturated carbocycles. The summed E-state index contributed by atoms with van der Waals surface area (Å²) < 4.78 is 7.60. The molecule has 0 bridgehead atoms. The summed E-state index contributed by atoms with van der Waals surface area (Å²) >= 11 is 0. The number of aromatic nitrogens is 2.